The maximum atomic E-state index is 10.5. The zero-order valence-electron chi connectivity index (χ0n) is 13.9. The Bertz CT molecular complexity index is 719. The number of carbonyl (C=O) groups is 2. The highest BCUT2D eigenvalue weighted by Crippen LogP contribution is 2.15. The van der Waals surface area contributed by atoms with Crippen LogP contribution in [0.5, 0.6) is 11.5 Å². The van der Waals surface area contributed by atoms with E-state index in [1.54, 1.807) is 48.5 Å². The average Bonchev–Trinajstić information content (AvgIpc) is 2.63. The van der Waals surface area contributed by atoms with E-state index in [2.05, 4.69) is 0 Å². The minimum atomic E-state index is -0.992. The van der Waals surface area contributed by atoms with Crippen LogP contribution in [0.15, 0.2) is 60.7 Å². The molecule has 0 radical (unpaired) electrons. The molecule has 2 N–H and O–H groups in total. The first kappa shape index (κ1) is 18.8. The largest absolute Gasteiger partial charge is 0.490 e. The van der Waals surface area contributed by atoms with Crippen molar-refractivity contribution in [2.24, 2.45) is 0 Å². The summed E-state index contributed by atoms with van der Waals surface area (Å²) in [6.07, 6.45) is 5.16. The highest BCUT2D eigenvalue weighted by atomic mass is 16.5. The van der Waals surface area contributed by atoms with Crippen LogP contribution in [0, 0.1) is 0 Å². The number of ether oxygens (including phenoxy) is 2. The molecule has 0 saturated heterocycles. The summed E-state index contributed by atoms with van der Waals surface area (Å²) in [6.45, 7) is 0.704. The second-order valence-corrected chi connectivity index (χ2v) is 5.18. The van der Waals surface area contributed by atoms with Crippen molar-refractivity contribution in [3.63, 3.8) is 0 Å². The first-order valence-corrected chi connectivity index (χ1v) is 7.81. The van der Waals surface area contributed by atoms with Crippen molar-refractivity contribution in [3.8, 4) is 11.5 Å². The summed E-state index contributed by atoms with van der Waals surface area (Å²) in [7, 11) is 0. The molecule has 0 spiro atoms. The summed E-state index contributed by atoms with van der Waals surface area (Å²) in [5.41, 5.74) is 1.54. The van der Waals surface area contributed by atoms with Crippen molar-refractivity contribution in [3.05, 3.63) is 71.8 Å². The third-order valence-electron chi connectivity index (χ3n) is 3.22. The fraction of sp³-hybridized carbons (Fsp3) is 0.100. The summed E-state index contributed by atoms with van der Waals surface area (Å²) in [6, 6.07) is 14.1. The van der Waals surface area contributed by atoms with E-state index in [4.69, 9.17) is 19.7 Å². The van der Waals surface area contributed by atoms with Crippen molar-refractivity contribution < 1.29 is 29.3 Å². The quantitative estimate of drug-likeness (QED) is 0.530. The second-order valence-electron chi connectivity index (χ2n) is 5.18. The lowest BCUT2D eigenvalue weighted by molar-refractivity contribution is -0.132. The number of carboxylic acids is 2. The molecule has 0 atom stereocenters. The molecule has 2 rings (SSSR count). The molecule has 0 amide bonds. The standard InChI is InChI=1S/C20H18O6/c21-19(22)11-5-15-1-7-17(8-2-15)25-13-14-26-18-9-3-16(4-10-18)6-12-20(23)24/h1-12H,13-14H2,(H,21,22)(H,23,24). The molecule has 0 aromatic heterocycles. The van der Waals surface area contributed by atoms with E-state index in [9.17, 15) is 9.59 Å². The maximum absolute atomic E-state index is 10.5. The van der Waals surface area contributed by atoms with Gasteiger partial charge in [-0.1, -0.05) is 24.3 Å². The Morgan fingerprint density at radius 2 is 1.04 bits per heavy atom. The summed E-state index contributed by atoms with van der Waals surface area (Å²) >= 11 is 0. The monoisotopic (exact) mass is 354 g/mol. The van der Waals surface area contributed by atoms with E-state index >= 15 is 0 Å². The molecular weight excluding hydrogens is 336 g/mol. The van der Waals surface area contributed by atoms with E-state index in [-0.39, 0.29) is 0 Å². The van der Waals surface area contributed by atoms with E-state index in [0.717, 1.165) is 23.3 Å². The molecule has 0 heterocycles. The van der Waals surface area contributed by atoms with Gasteiger partial charge in [-0.2, -0.15) is 0 Å². The molecule has 0 aliphatic carbocycles. The normalized spacial score (nSPS) is 10.9. The molecule has 0 unspecified atom stereocenters. The van der Waals surface area contributed by atoms with Crippen molar-refractivity contribution >= 4 is 24.1 Å². The molecule has 0 aliphatic rings. The Morgan fingerprint density at radius 1 is 0.692 bits per heavy atom. The van der Waals surface area contributed by atoms with Gasteiger partial charge in [0.1, 0.15) is 24.7 Å². The predicted octanol–water partition coefficient (Wildman–Crippen LogP) is 3.34. The summed E-state index contributed by atoms with van der Waals surface area (Å²) in [4.78, 5) is 20.9. The molecule has 0 aliphatic heterocycles. The molecule has 6 nitrogen and oxygen atoms in total. The fourth-order valence-electron chi connectivity index (χ4n) is 2.00. The van der Waals surface area contributed by atoms with Gasteiger partial charge in [0.15, 0.2) is 0 Å². The van der Waals surface area contributed by atoms with Crippen molar-refractivity contribution in [2.75, 3.05) is 13.2 Å². The molecule has 0 bridgehead atoms. The fourth-order valence-corrected chi connectivity index (χ4v) is 2.00. The third kappa shape index (κ3) is 6.92. The van der Waals surface area contributed by atoms with Crippen LogP contribution >= 0.6 is 0 Å². The van der Waals surface area contributed by atoms with Gasteiger partial charge in [0.05, 0.1) is 0 Å². The average molecular weight is 354 g/mol. The highest BCUT2D eigenvalue weighted by Gasteiger charge is 1.97. The van der Waals surface area contributed by atoms with Gasteiger partial charge in [0.2, 0.25) is 0 Å². The van der Waals surface area contributed by atoms with Crippen LogP contribution in [0.3, 0.4) is 0 Å². The number of rotatable bonds is 9. The van der Waals surface area contributed by atoms with Crippen LogP contribution in [-0.4, -0.2) is 35.4 Å². The molecule has 6 heteroatoms. The first-order valence-electron chi connectivity index (χ1n) is 7.81. The number of aliphatic carboxylic acids is 2. The lowest BCUT2D eigenvalue weighted by Crippen LogP contribution is -2.08. The van der Waals surface area contributed by atoms with Gasteiger partial charge in [-0.3, -0.25) is 0 Å². The molecule has 2 aromatic rings. The second kappa shape index (κ2) is 9.68. The van der Waals surface area contributed by atoms with E-state index in [1.807, 2.05) is 0 Å². The first-order chi connectivity index (χ1) is 12.5. The maximum Gasteiger partial charge on any atom is 0.328 e. The van der Waals surface area contributed by atoms with Crippen molar-refractivity contribution in [1.82, 2.24) is 0 Å². The third-order valence-corrected chi connectivity index (χ3v) is 3.22. The molecule has 26 heavy (non-hydrogen) atoms. The number of benzene rings is 2. The molecule has 134 valence electrons. The number of carboxylic acid groups (broad SMARTS) is 2. The number of hydrogen-bond acceptors (Lipinski definition) is 4. The highest BCUT2D eigenvalue weighted by molar-refractivity contribution is 5.85. The van der Waals surface area contributed by atoms with Crippen LogP contribution in [-0.2, 0) is 9.59 Å². The Balaban J connectivity index is 1.74. The van der Waals surface area contributed by atoms with E-state index < -0.39 is 11.9 Å². The summed E-state index contributed by atoms with van der Waals surface area (Å²) < 4.78 is 11.1. The Kier molecular flexibility index (Phi) is 7.00. The summed E-state index contributed by atoms with van der Waals surface area (Å²) in [5.74, 6) is -0.660. The predicted molar refractivity (Wildman–Crippen MR) is 97.2 cm³/mol. The zero-order chi connectivity index (χ0) is 18.8. The van der Waals surface area contributed by atoms with E-state index in [1.165, 1.54) is 12.2 Å². The minimum absolute atomic E-state index is 0.352. The van der Waals surface area contributed by atoms with Crippen LogP contribution in [0.1, 0.15) is 11.1 Å². The van der Waals surface area contributed by atoms with Gasteiger partial charge in [-0.25, -0.2) is 9.59 Å². The van der Waals surface area contributed by atoms with Crippen molar-refractivity contribution in [2.45, 2.75) is 0 Å². The SMILES string of the molecule is O=C(O)C=Cc1ccc(OCCOc2ccc(C=CC(=O)O)cc2)cc1. The topological polar surface area (TPSA) is 93.1 Å². The summed E-state index contributed by atoms with van der Waals surface area (Å²) in [5, 5.41) is 17.2. The van der Waals surface area contributed by atoms with Crippen LogP contribution in [0.2, 0.25) is 0 Å². The van der Waals surface area contributed by atoms with Crippen LogP contribution in [0.4, 0.5) is 0 Å². The Hall–Kier alpha value is -3.54. The van der Waals surface area contributed by atoms with Gasteiger partial charge >= 0.3 is 11.9 Å². The molecule has 0 fully saturated rings. The minimum Gasteiger partial charge on any atom is -0.490 e. The van der Waals surface area contributed by atoms with Gasteiger partial charge in [-0.15, -0.1) is 0 Å². The molecule has 0 saturated carbocycles. The number of hydrogen-bond donors (Lipinski definition) is 2. The zero-order valence-corrected chi connectivity index (χ0v) is 13.9. The van der Waals surface area contributed by atoms with Crippen molar-refractivity contribution in [1.29, 1.82) is 0 Å². The smallest absolute Gasteiger partial charge is 0.328 e. The van der Waals surface area contributed by atoms with Gasteiger partial charge < -0.3 is 19.7 Å². The van der Waals surface area contributed by atoms with Crippen LogP contribution in [0.25, 0.3) is 12.2 Å². The molecular formula is C20H18O6. The van der Waals surface area contributed by atoms with Crippen LogP contribution < -0.4 is 9.47 Å². The molecule has 2 aromatic carbocycles. The van der Waals surface area contributed by atoms with E-state index in [0.29, 0.717) is 24.7 Å². The van der Waals surface area contributed by atoms with Gasteiger partial charge in [0.25, 0.3) is 0 Å². The van der Waals surface area contributed by atoms with Gasteiger partial charge in [0, 0.05) is 12.2 Å². The van der Waals surface area contributed by atoms with Gasteiger partial charge in [-0.05, 0) is 47.5 Å². The Labute approximate surface area is 150 Å². The lowest BCUT2D eigenvalue weighted by Gasteiger charge is -2.08. The Morgan fingerprint density at radius 3 is 1.35 bits per heavy atom. The lowest BCUT2D eigenvalue weighted by atomic mass is 10.2.